The average molecular weight is 503 g/mol. The molecule has 0 amide bonds. The monoisotopic (exact) mass is 502 g/mol. The Morgan fingerprint density at radius 3 is 1.47 bits per heavy atom. The van der Waals surface area contributed by atoms with Crippen molar-refractivity contribution in [2.45, 2.75) is 0 Å². The number of hydrogen-bond donors (Lipinski definition) is 0. The van der Waals surface area contributed by atoms with E-state index < -0.39 is 96.3 Å². The van der Waals surface area contributed by atoms with Crippen molar-refractivity contribution in [2.75, 3.05) is 0 Å². The van der Waals surface area contributed by atoms with Gasteiger partial charge in [0.15, 0.2) is 0 Å². The van der Waals surface area contributed by atoms with E-state index in [-0.39, 0.29) is 73.0 Å². The number of nitrogens with zero attached hydrogens (tertiary/aromatic N) is 2. The molecule has 0 saturated heterocycles. The Morgan fingerprint density at radius 1 is 0.395 bits per heavy atom. The van der Waals surface area contributed by atoms with Crippen LogP contribution in [0.15, 0.2) is 145 Å². The van der Waals surface area contributed by atoms with E-state index in [1.807, 2.05) is 0 Å². The minimum Gasteiger partial charge on any atom is -0.309 e. The maximum absolute atomic E-state index is 9.76. The van der Waals surface area contributed by atoms with Gasteiger partial charge in [-0.15, -0.1) is 0 Å². The molecule has 2 heteroatoms. The lowest BCUT2D eigenvalue weighted by Gasteiger charge is -2.12. The highest BCUT2D eigenvalue weighted by Gasteiger charge is 2.16. The summed E-state index contributed by atoms with van der Waals surface area (Å²) in [5.41, 5.74) is -0.845. The van der Waals surface area contributed by atoms with E-state index in [1.54, 1.807) is 12.1 Å². The molecule has 2 heterocycles. The van der Waals surface area contributed by atoms with Crippen molar-refractivity contribution in [2.24, 2.45) is 0 Å². The van der Waals surface area contributed by atoms with E-state index in [2.05, 4.69) is 0 Å². The van der Waals surface area contributed by atoms with Crippen LogP contribution in [-0.2, 0) is 0 Å². The molecule has 8 rings (SSSR count). The van der Waals surface area contributed by atoms with Gasteiger partial charge in [0.25, 0.3) is 0 Å². The summed E-state index contributed by atoms with van der Waals surface area (Å²) in [6.45, 7) is 0. The first-order valence-electron chi connectivity index (χ1n) is 20.6. The van der Waals surface area contributed by atoms with Gasteiger partial charge in [0, 0.05) is 32.9 Å². The number of rotatable bonds is 3. The molecule has 0 fully saturated rings. The van der Waals surface area contributed by atoms with Gasteiger partial charge in [0.1, 0.15) is 0 Å². The summed E-state index contributed by atoms with van der Waals surface area (Å²) in [6, 6.07) is -1.36. The fourth-order valence-electron chi connectivity index (χ4n) is 4.77. The first-order chi connectivity index (χ1) is 26.3. The average Bonchev–Trinajstić information content (AvgIpc) is 3.70. The molecule has 0 N–H and O–H groups in total. The maximum Gasteiger partial charge on any atom is 0.0667 e. The zero-order valence-corrected chi connectivity index (χ0v) is 19.4. The Hall–Kier alpha value is -5.08. The lowest BCUT2D eigenvalue weighted by Crippen LogP contribution is -1.97. The van der Waals surface area contributed by atoms with Crippen LogP contribution in [-0.4, -0.2) is 9.13 Å². The van der Waals surface area contributed by atoms with Gasteiger partial charge >= 0.3 is 0 Å². The molecule has 2 nitrogen and oxygen atoms in total. The minimum atomic E-state index is -0.730. The van der Waals surface area contributed by atoms with Crippen LogP contribution >= 0.6 is 0 Å². The van der Waals surface area contributed by atoms with Crippen LogP contribution in [0.4, 0.5) is 0 Å². The third-order valence-electron chi connectivity index (χ3n) is 6.41. The number of aromatic nitrogens is 2. The largest absolute Gasteiger partial charge is 0.309 e. The maximum atomic E-state index is 9.76. The molecule has 6 aromatic carbocycles. The van der Waals surface area contributed by atoms with Crippen LogP contribution in [0.2, 0.25) is 0 Å². The quantitative estimate of drug-likeness (QED) is 0.228. The first-order valence-corrected chi connectivity index (χ1v) is 11.6. The molecular formula is C36H24N2. The highest BCUT2D eigenvalue weighted by Crippen LogP contribution is 2.37. The van der Waals surface area contributed by atoms with Crippen LogP contribution in [0.5, 0.6) is 0 Å². The van der Waals surface area contributed by atoms with Crippen LogP contribution in [0.1, 0.15) is 24.7 Å². The summed E-state index contributed by atoms with van der Waals surface area (Å²) >= 11 is 0. The van der Waals surface area contributed by atoms with E-state index >= 15 is 0 Å². The fraction of sp³-hybridized carbons (Fsp3) is 0. The van der Waals surface area contributed by atoms with E-state index in [0.29, 0.717) is 5.56 Å². The van der Waals surface area contributed by atoms with Gasteiger partial charge in [-0.3, -0.25) is 0 Å². The lowest BCUT2D eigenvalue weighted by molar-refractivity contribution is 1.15. The van der Waals surface area contributed by atoms with Crippen LogP contribution in [0.25, 0.3) is 66.1 Å². The smallest absolute Gasteiger partial charge is 0.0667 e. The zero-order chi connectivity index (χ0) is 40.7. The van der Waals surface area contributed by atoms with Crippen molar-refractivity contribution in [1.82, 2.24) is 9.13 Å². The molecule has 0 bridgehead atoms. The summed E-state index contributed by atoms with van der Waals surface area (Å²) in [6.07, 6.45) is 0. The van der Waals surface area contributed by atoms with Gasteiger partial charge in [-0.25, -0.2) is 0 Å². The first kappa shape index (κ1) is 10.00. The van der Waals surface area contributed by atoms with Gasteiger partial charge in [-0.05, 0) is 53.5 Å². The minimum absolute atomic E-state index is 0.0204. The summed E-state index contributed by atoms with van der Waals surface area (Å²) in [7, 11) is 0. The fourth-order valence-corrected chi connectivity index (χ4v) is 4.77. The third-order valence-corrected chi connectivity index (χ3v) is 6.41. The Labute approximate surface area is 245 Å². The van der Waals surface area contributed by atoms with Crippen molar-refractivity contribution < 1.29 is 24.7 Å². The molecular weight excluding hydrogens is 460 g/mol. The van der Waals surface area contributed by atoms with Gasteiger partial charge in [-0.1, -0.05) is 103 Å². The Balaban J connectivity index is 1.60. The molecule has 0 atom stereocenters. The Morgan fingerprint density at radius 2 is 0.895 bits per heavy atom. The van der Waals surface area contributed by atoms with Gasteiger partial charge < -0.3 is 9.13 Å². The summed E-state index contributed by atoms with van der Waals surface area (Å²) in [4.78, 5) is 0. The second-order valence-electron chi connectivity index (χ2n) is 8.45. The Kier molecular flexibility index (Phi) is 2.16. The van der Waals surface area contributed by atoms with E-state index in [4.69, 9.17) is 20.6 Å². The molecule has 0 aliphatic rings. The van der Waals surface area contributed by atoms with Crippen molar-refractivity contribution >= 4 is 43.6 Å². The highest BCUT2D eigenvalue weighted by molar-refractivity contribution is 6.12. The summed E-state index contributed by atoms with van der Waals surface area (Å²) in [5.74, 6) is 0. The van der Waals surface area contributed by atoms with E-state index in [1.165, 1.54) is 28.8 Å². The molecule has 0 radical (unpaired) electrons. The van der Waals surface area contributed by atoms with Crippen LogP contribution in [0.3, 0.4) is 0 Å². The number of benzene rings is 6. The summed E-state index contributed by atoms with van der Waals surface area (Å²) in [5, 5.41) is -1.01. The van der Waals surface area contributed by atoms with Crippen LogP contribution < -0.4 is 0 Å². The topological polar surface area (TPSA) is 9.86 Å². The predicted molar refractivity (Wildman–Crippen MR) is 161 cm³/mol. The SMILES string of the molecule is [2H]c1cc([2H])c(-c2ccc(-n3c4c([2H])c([2H])c([2H])c([2H])c4c4c([2H])c([2H])c(-n5c6c([2H])c([2H])c([2H])c([2H])c6c6c([2H])c([2H])c([2H])c([2H])c65)c([2H])c43)cc2)c([2H])c1. The molecule has 178 valence electrons. The van der Waals surface area contributed by atoms with Crippen molar-refractivity contribution in [3.05, 3.63) is 145 Å². The third kappa shape index (κ3) is 3.07. The molecule has 2 aromatic heterocycles. The molecule has 0 aliphatic carbocycles. The number of para-hydroxylation sites is 3. The van der Waals surface area contributed by atoms with E-state index in [0.717, 1.165) is 4.57 Å². The van der Waals surface area contributed by atoms with Gasteiger partial charge in [0.2, 0.25) is 0 Å². The van der Waals surface area contributed by atoms with Crippen LogP contribution in [0, 0.1) is 0 Å². The number of fused-ring (bicyclic) bond motifs is 6. The molecule has 0 unspecified atom stereocenters. The van der Waals surface area contributed by atoms with Crippen molar-refractivity contribution in [3.8, 4) is 22.5 Å². The second kappa shape index (κ2) is 8.22. The second-order valence-corrected chi connectivity index (χ2v) is 8.45. The standard InChI is InChI=1S/C36H24N2/c1-2-10-25(11-3-1)26-18-20-27(21-19-26)37-33-15-7-6-14-31(33)32-23-22-28(24-36(32)37)38-34-16-8-4-12-29(34)30-13-5-9-17-35(30)38/h1-24H/i1D,4D,5D,6D,7D,8D,9D,10D,11D,12D,13D,14D,15D,16D,17D,22D,23D,24D. The van der Waals surface area contributed by atoms with Gasteiger partial charge in [-0.2, -0.15) is 0 Å². The Bertz CT molecular complexity index is 3010. The zero-order valence-electron chi connectivity index (χ0n) is 37.4. The van der Waals surface area contributed by atoms with Gasteiger partial charge in [0.05, 0.1) is 46.7 Å². The predicted octanol–water partition coefficient (Wildman–Crippen LogP) is 9.55. The van der Waals surface area contributed by atoms with Crippen molar-refractivity contribution in [3.63, 3.8) is 0 Å². The molecule has 0 aliphatic heterocycles. The highest BCUT2D eigenvalue weighted by atomic mass is 15.0. The molecule has 8 aromatic rings. The molecule has 0 saturated carbocycles. The summed E-state index contributed by atoms with van der Waals surface area (Å²) < 4.78 is 159. The van der Waals surface area contributed by atoms with E-state index in [9.17, 15) is 4.11 Å². The lowest BCUT2D eigenvalue weighted by atomic mass is 10.1. The normalized spacial score (nSPS) is 18.3. The molecule has 38 heavy (non-hydrogen) atoms. The van der Waals surface area contributed by atoms with Crippen molar-refractivity contribution in [1.29, 1.82) is 0 Å². The molecule has 0 spiro atoms. The number of hydrogen-bond acceptors (Lipinski definition) is 0.